The highest BCUT2D eigenvalue weighted by Gasteiger charge is 2.09. The molecule has 1 aromatic rings. The number of ether oxygens (including phenoxy) is 2. The van der Waals surface area contributed by atoms with Crippen LogP contribution in [0.2, 0.25) is 0 Å². The second kappa shape index (κ2) is 6.36. The van der Waals surface area contributed by atoms with Gasteiger partial charge in [-0.25, -0.2) is 4.98 Å². The van der Waals surface area contributed by atoms with Gasteiger partial charge in [-0.1, -0.05) is 0 Å². The lowest BCUT2D eigenvalue weighted by Crippen LogP contribution is -2.38. The molecule has 16 heavy (non-hydrogen) atoms. The minimum absolute atomic E-state index is 0.711. The third kappa shape index (κ3) is 3.88. The first-order valence-electron chi connectivity index (χ1n) is 5.39. The fourth-order valence-corrected chi connectivity index (χ4v) is 1.88. The summed E-state index contributed by atoms with van der Waals surface area (Å²) in [5.74, 6) is 0.841. The van der Waals surface area contributed by atoms with E-state index in [0.29, 0.717) is 6.61 Å². The van der Waals surface area contributed by atoms with Crippen molar-refractivity contribution in [2.75, 3.05) is 39.5 Å². The van der Waals surface area contributed by atoms with Crippen LogP contribution in [0, 0.1) is 3.70 Å². The summed E-state index contributed by atoms with van der Waals surface area (Å²) in [7, 11) is 0. The Kier molecular flexibility index (Phi) is 4.80. The highest BCUT2D eigenvalue weighted by Crippen LogP contribution is 2.10. The molecule has 0 N–H and O–H groups in total. The zero-order chi connectivity index (χ0) is 11.2. The van der Waals surface area contributed by atoms with Gasteiger partial charge in [-0.15, -0.1) is 0 Å². The van der Waals surface area contributed by atoms with E-state index in [-0.39, 0.29) is 0 Å². The van der Waals surface area contributed by atoms with E-state index in [1.165, 1.54) is 0 Å². The van der Waals surface area contributed by atoms with E-state index < -0.39 is 0 Å². The maximum atomic E-state index is 5.62. The molecule has 0 radical (unpaired) electrons. The number of aromatic nitrogens is 1. The molecule has 0 aromatic carbocycles. The molecule has 2 heterocycles. The Balaban J connectivity index is 1.69. The average Bonchev–Trinajstić information content (AvgIpc) is 2.33. The van der Waals surface area contributed by atoms with Crippen LogP contribution in [0.5, 0.6) is 5.75 Å². The van der Waals surface area contributed by atoms with E-state index in [2.05, 4.69) is 32.5 Å². The van der Waals surface area contributed by atoms with Gasteiger partial charge in [-0.05, 0) is 34.7 Å². The molecule has 0 unspecified atom stereocenters. The van der Waals surface area contributed by atoms with Crippen LogP contribution < -0.4 is 4.74 Å². The largest absolute Gasteiger partial charge is 0.491 e. The quantitative estimate of drug-likeness (QED) is 0.616. The van der Waals surface area contributed by atoms with Crippen LogP contribution in [0.25, 0.3) is 0 Å². The Bertz CT molecular complexity index is 312. The van der Waals surface area contributed by atoms with Crippen molar-refractivity contribution in [2.45, 2.75) is 0 Å². The lowest BCUT2D eigenvalue weighted by molar-refractivity contribution is 0.0322. The summed E-state index contributed by atoms with van der Waals surface area (Å²) in [5, 5.41) is 0. The molecule has 88 valence electrons. The van der Waals surface area contributed by atoms with Crippen molar-refractivity contribution in [1.82, 2.24) is 9.88 Å². The molecule has 1 fully saturated rings. The Morgan fingerprint density at radius 2 is 2.19 bits per heavy atom. The molecule has 0 spiro atoms. The fraction of sp³-hybridized carbons (Fsp3) is 0.545. The van der Waals surface area contributed by atoms with Crippen LogP contribution in [0.1, 0.15) is 0 Å². The summed E-state index contributed by atoms with van der Waals surface area (Å²) < 4.78 is 11.9. The summed E-state index contributed by atoms with van der Waals surface area (Å²) in [6, 6.07) is 3.90. The zero-order valence-electron chi connectivity index (χ0n) is 9.06. The highest BCUT2D eigenvalue weighted by atomic mass is 127. The Morgan fingerprint density at radius 1 is 1.38 bits per heavy atom. The maximum absolute atomic E-state index is 5.62. The summed E-state index contributed by atoms with van der Waals surface area (Å²) in [6.45, 7) is 5.36. The van der Waals surface area contributed by atoms with E-state index in [0.717, 1.165) is 42.3 Å². The Labute approximate surface area is 109 Å². The van der Waals surface area contributed by atoms with Crippen LogP contribution in [0.15, 0.2) is 18.3 Å². The molecule has 1 aliphatic heterocycles. The summed E-state index contributed by atoms with van der Waals surface area (Å²) in [5.41, 5.74) is 0. The topological polar surface area (TPSA) is 34.6 Å². The van der Waals surface area contributed by atoms with Crippen molar-refractivity contribution in [3.05, 3.63) is 22.0 Å². The number of halogens is 1. The number of hydrogen-bond acceptors (Lipinski definition) is 4. The molecule has 0 amide bonds. The van der Waals surface area contributed by atoms with Crippen molar-refractivity contribution in [3.8, 4) is 5.75 Å². The Hall–Kier alpha value is -0.400. The molecule has 2 rings (SSSR count). The highest BCUT2D eigenvalue weighted by molar-refractivity contribution is 14.1. The smallest absolute Gasteiger partial charge is 0.137 e. The van der Waals surface area contributed by atoms with Gasteiger partial charge in [0.15, 0.2) is 0 Å². The summed E-state index contributed by atoms with van der Waals surface area (Å²) in [4.78, 5) is 6.52. The average molecular weight is 334 g/mol. The summed E-state index contributed by atoms with van der Waals surface area (Å²) in [6.07, 6.45) is 1.76. The predicted octanol–water partition coefficient (Wildman–Crippen LogP) is 1.40. The van der Waals surface area contributed by atoms with Crippen LogP contribution in [0.4, 0.5) is 0 Å². The molecule has 0 saturated carbocycles. The number of morpholine rings is 1. The van der Waals surface area contributed by atoms with E-state index in [1.54, 1.807) is 6.20 Å². The van der Waals surface area contributed by atoms with Gasteiger partial charge in [0.25, 0.3) is 0 Å². The van der Waals surface area contributed by atoms with Crippen LogP contribution in [-0.2, 0) is 4.74 Å². The van der Waals surface area contributed by atoms with Crippen molar-refractivity contribution >= 4 is 22.6 Å². The maximum Gasteiger partial charge on any atom is 0.137 e. The summed E-state index contributed by atoms with van der Waals surface area (Å²) >= 11 is 2.18. The number of nitrogens with zero attached hydrogens (tertiary/aromatic N) is 2. The van der Waals surface area contributed by atoms with Gasteiger partial charge in [0.2, 0.25) is 0 Å². The molecule has 0 bridgehead atoms. The standard InChI is InChI=1S/C11H15IN2O2/c12-11-2-1-10(9-13-11)16-8-5-14-3-6-15-7-4-14/h1-2,9H,3-8H2. The monoisotopic (exact) mass is 334 g/mol. The SMILES string of the molecule is Ic1ccc(OCCN2CCOCC2)cn1. The van der Waals surface area contributed by atoms with Gasteiger partial charge in [0.1, 0.15) is 16.1 Å². The third-order valence-corrected chi connectivity index (χ3v) is 3.12. The Morgan fingerprint density at radius 3 is 2.88 bits per heavy atom. The molecule has 1 aromatic heterocycles. The van der Waals surface area contributed by atoms with Gasteiger partial charge in [0, 0.05) is 19.6 Å². The predicted molar refractivity (Wildman–Crippen MR) is 69.7 cm³/mol. The first-order chi connectivity index (χ1) is 7.84. The van der Waals surface area contributed by atoms with Gasteiger partial charge < -0.3 is 9.47 Å². The van der Waals surface area contributed by atoms with E-state index in [9.17, 15) is 0 Å². The first-order valence-corrected chi connectivity index (χ1v) is 6.47. The van der Waals surface area contributed by atoms with Crippen LogP contribution in [-0.4, -0.2) is 49.3 Å². The molecule has 4 nitrogen and oxygen atoms in total. The fourth-order valence-electron chi connectivity index (χ4n) is 1.56. The molecule has 0 aliphatic carbocycles. The third-order valence-electron chi connectivity index (χ3n) is 2.48. The van der Waals surface area contributed by atoms with E-state index >= 15 is 0 Å². The van der Waals surface area contributed by atoms with Gasteiger partial charge >= 0.3 is 0 Å². The van der Waals surface area contributed by atoms with Crippen molar-refractivity contribution in [1.29, 1.82) is 0 Å². The molecular weight excluding hydrogens is 319 g/mol. The van der Waals surface area contributed by atoms with Gasteiger partial charge in [-0.2, -0.15) is 0 Å². The van der Waals surface area contributed by atoms with Gasteiger partial charge in [0.05, 0.1) is 19.4 Å². The molecule has 1 saturated heterocycles. The number of rotatable bonds is 4. The number of hydrogen-bond donors (Lipinski definition) is 0. The normalized spacial score (nSPS) is 17.3. The van der Waals surface area contributed by atoms with Crippen molar-refractivity contribution in [2.24, 2.45) is 0 Å². The number of pyridine rings is 1. The van der Waals surface area contributed by atoms with Crippen LogP contribution in [0.3, 0.4) is 0 Å². The second-order valence-electron chi connectivity index (χ2n) is 3.62. The van der Waals surface area contributed by atoms with Gasteiger partial charge in [-0.3, -0.25) is 4.90 Å². The molecular formula is C11H15IN2O2. The first kappa shape index (κ1) is 12.1. The van der Waals surface area contributed by atoms with E-state index in [1.807, 2.05) is 12.1 Å². The van der Waals surface area contributed by atoms with Crippen LogP contribution >= 0.6 is 22.6 Å². The van der Waals surface area contributed by atoms with Crippen molar-refractivity contribution < 1.29 is 9.47 Å². The lowest BCUT2D eigenvalue weighted by Gasteiger charge is -2.26. The molecule has 0 atom stereocenters. The zero-order valence-corrected chi connectivity index (χ0v) is 11.2. The minimum Gasteiger partial charge on any atom is -0.491 e. The lowest BCUT2D eigenvalue weighted by atomic mass is 10.4. The van der Waals surface area contributed by atoms with Crippen molar-refractivity contribution in [3.63, 3.8) is 0 Å². The molecule has 1 aliphatic rings. The second-order valence-corrected chi connectivity index (χ2v) is 4.72. The molecule has 5 heteroatoms. The minimum atomic E-state index is 0.711. The van der Waals surface area contributed by atoms with E-state index in [4.69, 9.17) is 9.47 Å².